The summed E-state index contributed by atoms with van der Waals surface area (Å²) in [4.78, 5) is 0. The molecule has 0 atom stereocenters. The van der Waals surface area contributed by atoms with Gasteiger partial charge in [-0.15, -0.1) is 0 Å². The van der Waals surface area contributed by atoms with Gasteiger partial charge in [0.15, 0.2) is 0 Å². The van der Waals surface area contributed by atoms with Crippen LogP contribution < -0.4 is 0 Å². The minimum Gasteiger partial charge on any atom is -0.222 e. The van der Waals surface area contributed by atoms with Crippen LogP contribution in [0.1, 0.15) is 25.1 Å². The van der Waals surface area contributed by atoms with Crippen LogP contribution in [-0.4, -0.2) is 9.78 Å². The Labute approximate surface area is 102 Å². The Kier molecular flexibility index (Phi) is 4.56. The number of rotatable bonds is 1. The summed E-state index contributed by atoms with van der Waals surface area (Å²) >= 11 is 6.15. The van der Waals surface area contributed by atoms with Crippen LogP contribution in [0.25, 0.3) is 5.69 Å². The fraction of sp³-hybridized carbons (Fsp3) is 0.308. The Morgan fingerprint density at radius 3 is 2.06 bits per heavy atom. The predicted octanol–water partition coefficient (Wildman–Crippen LogP) is 4.17. The first-order valence-electron chi connectivity index (χ1n) is 5.47. The molecule has 0 amide bonds. The van der Waals surface area contributed by atoms with Crippen LogP contribution in [-0.2, 0) is 0 Å². The molecule has 16 heavy (non-hydrogen) atoms. The minimum absolute atomic E-state index is 0.689. The lowest BCUT2D eigenvalue weighted by Gasteiger charge is -2.01. The summed E-state index contributed by atoms with van der Waals surface area (Å²) in [5.41, 5.74) is 3.00. The van der Waals surface area contributed by atoms with Gasteiger partial charge in [-0.2, -0.15) is 5.10 Å². The van der Waals surface area contributed by atoms with Crippen LogP contribution in [0.4, 0.5) is 0 Å². The molecule has 0 saturated carbocycles. The molecule has 0 aliphatic carbocycles. The monoisotopic (exact) mass is 236 g/mol. The van der Waals surface area contributed by atoms with Gasteiger partial charge in [0.25, 0.3) is 0 Å². The zero-order valence-corrected chi connectivity index (χ0v) is 10.9. The van der Waals surface area contributed by atoms with Gasteiger partial charge in [-0.25, -0.2) is 4.68 Å². The molecule has 2 nitrogen and oxygen atoms in total. The largest absolute Gasteiger partial charge is 0.222 e. The van der Waals surface area contributed by atoms with Crippen molar-refractivity contribution >= 4 is 11.6 Å². The van der Waals surface area contributed by atoms with Gasteiger partial charge in [0.1, 0.15) is 5.15 Å². The van der Waals surface area contributed by atoms with E-state index in [-0.39, 0.29) is 0 Å². The van der Waals surface area contributed by atoms with E-state index >= 15 is 0 Å². The number of para-hydroxylation sites is 1. The number of hydrogen-bond acceptors (Lipinski definition) is 1. The van der Waals surface area contributed by atoms with Crippen molar-refractivity contribution < 1.29 is 0 Å². The summed E-state index contributed by atoms with van der Waals surface area (Å²) in [5.74, 6) is 0. The van der Waals surface area contributed by atoms with E-state index in [4.69, 9.17) is 11.6 Å². The maximum absolute atomic E-state index is 6.15. The normalized spacial score (nSPS) is 9.56. The topological polar surface area (TPSA) is 17.8 Å². The molecule has 0 saturated heterocycles. The second-order valence-corrected chi connectivity index (χ2v) is 3.61. The Morgan fingerprint density at radius 1 is 1.06 bits per heavy atom. The van der Waals surface area contributed by atoms with Gasteiger partial charge >= 0.3 is 0 Å². The van der Waals surface area contributed by atoms with E-state index in [9.17, 15) is 0 Å². The number of benzene rings is 1. The quantitative estimate of drug-likeness (QED) is 0.727. The molecule has 1 aromatic carbocycles. The summed E-state index contributed by atoms with van der Waals surface area (Å²) in [6.07, 6.45) is 0. The fourth-order valence-corrected chi connectivity index (χ4v) is 1.59. The lowest BCUT2D eigenvalue weighted by Crippen LogP contribution is -1.95. The van der Waals surface area contributed by atoms with E-state index in [1.54, 1.807) is 4.68 Å². The van der Waals surface area contributed by atoms with Gasteiger partial charge in [-0.3, -0.25) is 0 Å². The van der Waals surface area contributed by atoms with Crippen molar-refractivity contribution in [3.05, 3.63) is 46.7 Å². The molecule has 0 aliphatic heterocycles. The highest BCUT2D eigenvalue weighted by Gasteiger charge is 2.09. The zero-order chi connectivity index (χ0) is 12.1. The van der Waals surface area contributed by atoms with Crippen molar-refractivity contribution in [3.63, 3.8) is 0 Å². The van der Waals surface area contributed by atoms with Crippen molar-refractivity contribution in [1.29, 1.82) is 0 Å². The molecule has 1 heterocycles. The second-order valence-electron chi connectivity index (χ2n) is 3.25. The van der Waals surface area contributed by atoms with Crippen LogP contribution in [0.3, 0.4) is 0 Å². The van der Waals surface area contributed by atoms with E-state index in [1.165, 1.54) is 0 Å². The van der Waals surface area contributed by atoms with Gasteiger partial charge in [0, 0.05) is 5.56 Å². The molecule has 0 radical (unpaired) electrons. The zero-order valence-electron chi connectivity index (χ0n) is 10.2. The van der Waals surface area contributed by atoms with Crippen molar-refractivity contribution in [2.75, 3.05) is 0 Å². The van der Waals surface area contributed by atoms with Crippen molar-refractivity contribution in [3.8, 4) is 5.69 Å². The number of aromatic nitrogens is 2. The lowest BCUT2D eigenvalue weighted by molar-refractivity contribution is 0.863. The third-order valence-corrected chi connectivity index (χ3v) is 2.73. The molecule has 2 rings (SSSR count). The first-order valence-corrected chi connectivity index (χ1v) is 5.85. The van der Waals surface area contributed by atoms with E-state index in [1.807, 2.05) is 58.0 Å². The molecule has 0 N–H and O–H groups in total. The summed E-state index contributed by atoms with van der Waals surface area (Å²) < 4.78 is 1.76. The molecule has 0 aliphatic rings. The summed E-state index contributed by atoms with van der Waals surface area (Å²) in [5, 5.41) is 5.05. The van der Waals surface area contributed by atoms with Gasteiger partial charge in [0.2, 0.25) is 0 Å². The maximum Gasteiger partial charge on any atom is 0.136 e. The molecule has 0 spiro atoms. The molecule has 1 aromatic heterocycles. The number of aryl methyl sites for hydroxylation is 1. The van der Waals surface area contributed by atoms with E-state index in [2.05, 4.69) is 5.10 Å². The van der Waals surface area contributed by atoms with Crippen LogP contribution in [0.2, 0.25) is 5.15 Å². The van der Waals surface area contributed by atoms with E-state index < -0.39 is 0 Å². The molecule has 2 aromatic rings. The highest BCUT2D eigenvalue weighted by atomic mass is 35.5. The van der Waals surface area contributed by atoms with Crippen molar-refractivity contribution in [2.45, 2.75) is 27.7 Å². The highest BCUT2D eigenvalue weighted by Crippen LogP contribution is 2.21. The fourth-order valence-electron chi connectivity index (χ4n) is 1.32. The third kappa shape index (κ3) is 2.45. The average Bonchev–Trinajstić information content (AvgIpc) is 2.61. The molecular formula is C13H17ClN2. The molecule has 0 bridgehead atoms. The van der Waals surface area contributed by atoms with E-state index in [0.717, 1.165) is 16.9 Å². The van der Waals surface area contributed by atoms with Gasteiger partial charge in [-0.1, -0.05) is 43.6 Å². The Hall–Kier alpha value is -1.28. The van der Waals surface area contributed by atoms with Crippen molar-refractivity contribution in [2.24, 2.45) is 0 Å². The number of nitrogens with zero attached hydrogens (tertiary/aromatic N) is 2. The third-order valence-electron chi connectivity index (χ3n) is 2.29. The van der Waals surface area contributed by atoms with Crippen LogP contribution in [0.15, 0.2) is 30.3 Å². The lowest BCUT2D eigenvalue weighted by atomic mass is 10.3. The minimum atomic E-state index is 0.689. The second kappa shape index (κ2) is 5.71. The molecule has 0 unspecified atom stereocenters. The van der Waals surface area contributed by atoms with Crippen LogP contribution in [0, 0.1) is 13.8 Å². The van der Waals surface area contributed by atoms with Gasteiger partial charge in [0.05, 0.1) is 11.4 Å². The maximum atomic E-state index is 6.15. The molecule has 86 valence electrons. The smallest absolute Gasteiger partial charge is 0.136 e. The van der Waals surface area contributed by atoms with E-state index in [0.29, 0.717) is 5.15 Å². The number of hydrogen-bond donors (Lipinski definition) is 0. The average molecular weight is 237 g/mol. The van der Waals surface area contributed by atoms with Gasteiger partial charge < -0.3 is 0 Å². The highest BCUT2D eigenvalue weighted by molar-refractivity contribution is 6.30. The predicted molar refractivity (Wildman–Crippen MR) is 69.4 cm³/mol. The first kappa shape index (κ1) is 12.8. The molecule has 0 fully saturated rings. The SMILES string of the molecule is CC.Cc1nn(-c2ccccc2)c(Cl)c1C. The first-order chi connectivity index (χ1) is 7.70. The summed E-state index contributed by atoms with van der Waals surface area (Å²) in [6.45, 7) is 7.94. The Balaban J connectivity index is 0.000000606. The van der Waals surface area contributed by atoms with Gasteiger partial charge in [-0.05, 0) is 26.0 Å². The summed E-state index contributed by atoms with van der Waals surface area (Å²) in [7, 11) is 0. The standard InChI is InChI=1S/C11H11ClN2.C2H6/c1-8-9(2)13-14(11(8)12)10-6-4-3-5-7-10;1-2/h3-7H,1-2H3;1-2H3. The number of halogens is 1. The molecular weight excluding hydrogens is 220 g/mol. The van der Waals surface area contributed by atoms with Crippen LogP contribution >= 0.6 is 11.6 Å². The van der Waals surface area contributed by atoms with Crippen LogP contribution in [0.5, 0.6) is 0 Å². The van der Waals surface area contributed by atoms with Crippen molar-refractivity contribution in [1.82, 2.24) is 9.78 Å². The Morgan fingerprint density at radius 2 is 1.62 bits per heavy atom. The Bertz CT molecular complexity index is 446. The summed E-state index contributed by atoms with van der Waals surface area (Å²) in [6, 6.07) is 9.88. The molecule has 3 heteroatoms.